The number of nitrogens with zero attached hydrogens (tertiary/aromatic N) is 3. The van der Waals surface area contributed by atoms with E-state index in [1.165, 1.54) is 53.4 Å². The zero-order valence-electron chi connectivity index (χ0n) is 15.9. The monoisotopic (exact) mass is 514 g/mol. The van der Waals surface area contributed by atoms with Gasteiger partial charge in [0.1, 0.15) is 6.54 Å². The van der Waals surface area contributed by atoms with Crippen molar-refractivity contribution in [1.82, 2.24) is 10.2 Å². The number of nitrogens with one attached hydrogen (secondary N) is 1. The normalized spacial score (nSPS) is 11.2. The minimum atomic E-state index is -4.07. The highest BCUT2D eigenvalue weighted by Gasteiger charge is 2.28. The molecule has 0 radical (unpaired) electrons. The molecule has 0 fully saturated rings. The van der Waals surface area contributed by atoms with Crippen molar-refractivity contribution in [2.75, 3.05) is 21.9 Å². The average molecular weight is 515 g/mol. The zero-order chi connectivity index (χ0) is 22.4. The Balaban J connectivity index is 1.86. The summed E-state index contributed by atoms with van der Waals surface area (Å²) in [5, 5.41) is 11.5. The number of halogens is 2. The summed E-state index contributed by atoms with van der Waals surface area (Å²) in [4.78, 5) is 12.7. The van der Waals surface area contributed by atoms with Gasteiger partial charge in [-0.1, -0.05) is 58.4 Å². The van der Waals surface area contributed by atoms with Gasteiger partial charge in [-0.3, -0.25) is 14.4 Å². The molecule has 2 aromatic carbocycles. The van der Waals surface area contributed by atoms with Crippen LogP contribution >= 0.6 is 46.3 Å². The first-order valence-electron chi connectivity index (χ1n) is 8.70. The van der Waals surface area contributed by atoms with Crippen LogP contribution in [-0.4, -0.2) is 36.8 Å². The van der Waals surface area contributed by atoms with Crippen LogP contribution in [0.5, 0.6) is 0 Å². The fourth-order valence-electron chi connectivity index (χ4n) is 2.42. The second-order valence-corrected chi connectivity index (χ2v) is 10.9. The van der Waals surface area contributed by atoms with Gasteiger partial charge in [0, 0.05) is 15.8 Å². The number of sulfonamides is 1. The van der Waals surface area contributed by atoms with Crippen LogP contribution in [0.3, 0.4) is 0 Å². The third-order valence-electron chi connectivity index (χ3n) is 3.76. The van der Waals surface area contributed by atoms with E-state index < -0.39 is 22.5 Å². The Morgan fingerprint density at radius 3 is 2.58 bits per heavy atom. The van der Waals surface area contributed by atoms with E-state index >= 15 is 0 Å². The number of benzene rings is 2. The smallest absolute Gasteiger partial charge is 0.264 e. The molecule has 1 N–H and O–H groups in total. The second-order valence-electron chi connectivity index (χ2n) is 5.97. The minimum Gasteiger partial charge on any atom is -0.299 e. The number of hydrogen-bond acceptors (Lipinski definition) is 7. The maximum absolute atomic E-state index is 13.3. The van der Waals surface area contributed by atoms with Gasteiger partial charge < -0.3 is 0 Å². The molecule has 12 heteroatoms. The number of aromatic nitrogens is 2. The van der Waals surface area contributed by atoms with E-state index in [0.29, 0.717) is 20.1 Å². The second kappa shape index (κ2) is 10.5. The minimum absolute atomic E-state index is 0.0105. The van der Waals surface area contributed by atoms with Crippen LogP contribution in [0.25, 0.3) is 0 Å². The van der Waals surface area contributed by atoms with Crippen molar-refractivity contribution in [3.63, 3.8) is 0 Å². The van der Waals surface area contributed by atoms with Crippen LogP contribution in [0.4, 0.5) is 10.8 Å². The van der Waals surface area contributed by atoms with Crippen molar-refractivity contribution in [2.45, 2.75) is 9.24 Å². The first-order chi connectivity index (χ1) is 14.8. The van der Waals surface area contributed by atoms with Crippen molar-refractivity contribution in [2.24, 2.45) is 0 Å². The summed E-state index contributed by atoms with van der Waals surface area (Å²) in [6.07, 6.45) is 1.73. The molecule has 162 valence electrons. The van der Waals surface area contributed by atoms with Crippen molar-refractivity contribution in [3.8, 4) is 0 Å². The van der Waals surface area contributed by atoms with Crippen LogP contribution in [0, 0.1) is 0 Å². The quantitative estimate of drug-likeness (QED) is 0.246. The highest BCUT2D eigenvalue weighted by molar-refractivity contribution is 8.01. The molecule has 1 aromatic heterocycles. The van der Waals surface area contributed by atoms with Gasteiger partial charge in [0.25, 0.3) is 10.0 Å². The summed E-state index contributed by atoms with van der Waals surface area (Å²) < 4.78 is 28.2. The van der Waals surface area contributed by atoms with Gasteiger partial charge in [-0.05, 0) is 42.5 Å². The number of rotatable bonds is 9. The van der Waals surface area contributed by atoms with E-state index in [0.717, 1.165) is 4.31 Å². The molecule has 7 nitrogen and oxygen atoms in total. The summed E-state index contributed by atoms with van der Waals surface area (Å²) in [7, 11) is -4.07. The molecule has 31 heavy (non-hydrogen) atoms. The number of carbonyl (C=O) groups excluding carboxylic acids is 1. The third kappa shape index (κ3) is 6.20. The summed E-state index contributed by atoms with van der Waals surface area (Å²) in [6, 6.07) is 11.9. The molecule has 0 saturated carbocycles. The largest absolute Gasteiger partial charge is 0.299 e. The van der Waals surface area contributed by atoms with Crippen molar-refractivity contribution in [3.05, 3.63) is 71.2 Å². The van der Waals surface area contributed by atoms with Gasteiger partial charge in [0.15, 0.2) is 4.34 Å². The van der Waals surface area contributed by atoms with E-state index in [4.69, 9.17) is 23.2 Å². The summed E-state index contributed by atoms with van der Waals surface area (Å²) >= 11 is 14.5. The van der Waals surface area contributed by atoms with Gasteiger partial charge in [0.05, 0.1) is 10.6 Å². The van der Waals surface area contributed by atoms with E-state index in [1.54, 1.807) is 24.3 Å². The van der Waals surface area contributed by atoms with Crippen LogP contribution in [-0.2, 0) is 14.8 Å². The molecular weight excluding hydrogens is 499 g/mol. The molecule has 1 heterocycles. The molecule has 3 aromatic rings. The van der Waals surface area contributed by atoms with Crippen LogP contribution in [0.1, 0.15) is 0 Å². The van der Waals surface area contributed by atoms with Crippen molar-refractivity contribution >= 4 is 73.0 Å². The molecule has 1 amide bonds. The van der Waals surface area contributed by atoms with Crippen molar-refractivity contribution in [1.29, 1.82) is 0 Å². The van der Waals surface area contributed by atoms with E-state index in [2.05, 4.69) is 22.1 Å². The van der Waals surface area contributed by atoms with Gasteiger partial charge in [-0.15, -0.1) is 16.8 Å². The predicted octanol–water partition coefficient (Wildman–Crippen LogP) is 4.96. The Labute approximate surface area is 198 Å². The molecule has 0 spiro atoms. The zero-order valence-corrected chi connectivity index (χ0v) is 19.8. The first kappa shape index (κ1) is 23.6. The molecule has 0 atom stereocenters. The Hall–Kier alpha value is -2.11. The lowest BCUT2D eigenvalue weighted by Crippen LogP contribution is -2.38. The Kier molecular flexibility index (Phi) is 7.95. The van der Waals surface area contributed by atoms with Gasteiger partial charge in [-0.2, -0.15) is 0 Å². The maximum Gasteiger partial charge on any atom is 0.264 e. The summed E-state index contributed by atoms with van der Waals surface area (Å²) in [5.41, 5.74) is 0.247. The van der Waals surface area contributed by atoms with Crippen LogP contribution in [0.2, 0.25) is 10.0 Å². The lowest BCUT2D eigenvalue weighted by Gasteiger charge is -2.24. The summed E-state index contributed by atoms with van der Waals surface area (Å²) in [5.74, 6) is 0.0821. The van der Waals surface area contributed by atoms with Gasteiger partial charge in [0.2, 0.25) is 11.0 Å². The number of carbonyl (C=O) groups is 1. The molecule has 0 bridgehead atoms. The highest BCUT2D eigenvalue weighted by Crippen LogP contribution is 2.28. The maximum atomic E-state index is 13.3. The highest BCUT2D eigenvalue weighted by atomic mass is 35.5. The van der Waals surface area contributed by atoms with Crippen molar-refractivity contribution < 1.29 is 13.2 Å². The SMILES string of the molecule is C=CCSc1nnc(NC(=O)CN(c2cccc(Cl)c2)S(=O)(=O)c2ccc(Cl)cc2)s1. The Morgan fingerprint density at radius 2 is 1.90 bits per heavy atom. The lowest BCUT2D eigenvalue weighted by molar-refractivity contribution is -0.114. The predicted molar refractivity (Wildman–Crippen MR) is 127 cm³/mol. The van der Waals surface area contributed by atoms with Gasteiger partial charge in [-0.25, -0.2) is 8.42 Å². The topological polar surface area (TPSA) is 92.3 Å². The lowest BCUT2D eigenvalue weighted by atomic mass is 10.3. The van der Waals surface area contributed by atoms with E-state index in [-0.39, 0.29) is 15.7 Å². The first-order valence-corrected chi connectivity index (χ1v) is 12.7. The fourth-order valence-corrected chi connectivity index (χ4v) is 5.67. The number of anilines is 2. The fraction of sp³-hybridized carbons (Fsp3) is 0.105. The van der Waals surface area contributed by atoms with Crippen LogP contribution in [0.15, 0.2) is 70.4 Å². The number of thioether (sulfide) groups is 1. The number of amides is 1. The van der Waals surface area contributed by atoms with Crippen LogP contribution < -0.4 is 9.62 Å². The van der Waals surface area contributed by atoms with Gasteiger partial charge >= 0.3 is 0 Å². The molecule has 0 unspecified atom stereocenters. The molecular formula is C19H16Cl2N4O3S3. The third-order valence-corrected chi connectivity index (χ3v) is 8.01. The molecule has 0 saturated heterocycles. The summed E-state index contributed by atoms with van der Waals surface area (Å²) in [6.45, 7) is 3.15. The standard InChI is InChI=1S/C19H16Cl2N4O3S3/c1-2-10-29-19-24-23-18(30-19)22-17(26)12-25(15-5-3-4-14(21)11-15)31(27,28)16-8-6-13(20)7-9-16/h2-9,11H,1,10,12H2,(H,22,23,26). The molecule has 3 rings (SSSR count). The van der Waals surface area contributed by atoms with E-state index in [1.807, 2.05) is 0 Å². The average Bonchev–Trinajstić information content (AvgIpc) is 3.17. The number of hydrogen-bond donors (Lipinski definition) is 1. The molecule has 0 aliphatic carbocycles. The Morgan fingerprint density at radius 1 is 1.16 bits per heavy atom. The molecule has 0 aliphatic rings. The molecule has 0 aliphatic heterocycles. The van der Waals surface area contributed by atoms with E-state index in [9.17, 15) is 13.2 Å². The Bertz CT molecular complexity index is 1180.